The first-order chi connectivity index (χ1) is 12.7. The minimum absolute atomic E-state index is 0.244. The van der Waals surface area contributed by atoms with Crippen molar-refractivity contribution in [2.24, 2.45) is 0 Å². The second-order valence-corrected chi connectivity index (χ2v) is 5.80. The van der Waals surface area contributed by atoms with Crippen molar-refractivity contribution >= 4 is 5.97 Å². The molecule has 0 saturated carbocycles. The minimum Gasteiger partial charge on any atom is -0.465 e. The summed E-state index contributed by atoms with van der Waals surface area (Å²) in [5.74, 6) is 0.384. The van der Waals surface area contributed by atoms with Gasteiger partial charge in [0.25, 0.3) is 0 Å². The van der Waals surface area contributed by atoms with Crippen LogP contribution in [0.15, 0.2) is 85.2 Å². The molecule has 1 saturated heterocycles. The SMILES string of the molecule is C=C1CC(/C=C/C=C/Oc2ccc(-c3ccc(C#N)cc3)cc2)OC1=O. The van der Waals surface area contributed by atoms with Crippen molar-refractivity contribution in [3.63, 3.8) is 0 Å². The molecule has 2 aromatic rings. The van der Waals surface area contributed by atoms with Crippen LogP contribution < -0.4 is 4.74 Å². The normalized spacial score (nSPS) is 16.8. The lowest BCUT2D eigenvalue weighted by atomic mass is 10.0. The molecular weight excluding hydrogens is 326 g/mol. The summed E-state index contributed by atoms with van der Waals surface area (Å²) in [5, 5.41) is 8.84. The summed E-state index contributed by atoms with van der Waals surface area (Å²) >= 11 is 0. The van der Waals surface area contributed by atoms with Gasteiger partial charge in [0.1, 0.15) is 11.9 Å². The van der Waals surface area contributed by atoms with Crippen LogP contribution in [0.4, 0.5) is 0 Å². The van der Waals surface area contributed by atoms with Crippen LogP contribution >= 0.6 is 0 Å². The Morgan fingerprint density at radius 2 is 1.73 bits per heavy atom. The Bertz CT molecular complexity index is 884. The van der Waals surface area contributed by atoms with Crippen LogP contribution in [0.25, 0.3) is 11.1 Å². The highest BCUT2D eigenvalue weighted by atomic mass is 16.5. The van der Waals surface area contributed by atoms with Crippen molar-refractivity contribution in [1.29, 1.82) is 5.26 Å². The zero-order valence-corrected chi connectivity index (χ0v) is 14.1. The standard InChI is InChI=1S/C22H17NO3/c1-16-14-21(26-22(16)24)4-2-3-13-25-20-11-9-19(10-12-20)18-7-5-17(15-23)6-8-18/h2-13,21H,1,14H2/b4-2+,13-3+. The highest BCUT2D eigenvalue weighted by molar-refractivity contribution is 5.90. The fraction of sp³-hybridized carbons (Fsp3) is 0.0909. The average molecular weight is 343 g/mol. The number of nitrogens with zero attached hydrogens (tertiary/aromatic N) is 1. The van der Waals surface area contributed by atoms with E-state index in [4.69, 9.17) is 14.7 Å². The van der Waals surface area contributed by atoms with Gasteiger partial charge in [-0.05, 0) is 47.5 Å². The Balaban J connectivity index is 1.53. The molecule has 0 radical (unpaired) electrons. The molecule has 0 aliphatic carbocycles. The van der Waals surface area contributed by atoms with E-state index in [1.807, 2.05) is 36.4 Å². The van der Waals surface area contributed by atoms with Crippen molar-refractivity contribution in [3.8, 4) is 22.9 Å². The molecule has 1 unspecified atom stereocenters. The van der Waals surface area contributed by atoms with Gasteiger partial charge in [0.05, 0.1) is 17.9 Å². The number of cyclic esters (lactones) is 1. The predicted molar refractivity (Wildman–Crippen MR) is 99.1 cm³/mol. The third kappa shape index (κ3) is 4.28. The number of ether oxygens (including phenoxy) is 2. The van der Waals surface area contributed by atoms with E-state index in [0.29, 0.717) is 23.3 Å². The summed E-state index contributed by atoms with van der Waals surface area (Å²) in [6.07, 6.45) is 7.17. The smallest absolute Gasteiger partial charge is 0.334 e. The van der Waals surface area contributed by atoms with Gasteiger partial charge in [0.15, 0.2) is 0 Å². The van der Waals surface area contributed by atoms with Gasteiger partial charge in [-0.3, -0.25) is 0 Å². The summed E-state index contributed by atoms with van der Waals surface area (Å²) in [4.78, 5) is 11.2. The Morgan fingerprint density at radius 1 is 1.08 bits per heavy atom. The van der Waals surface area contributed by atoms with Gasteiger partial charge >= 0.3 is 5.97 Å². The maximum atomic E-state index is 11.2. The molecule has 1 fully saturated rings. The highest BCUT2D eigenvalue weighted by Gasteiger charge is 2.24. The third-order valence-electron chi connectivity index (χ3n) is 3.92. The number of carbonyl (C=O) groups is 1. The van der Waals surface area contributed by atoms with Gasteiger partial charge in [0, 0.05) is 12.0 Å². The molecule has 0 spiro atoms. The van der Waals surface area contributed by atoms with Crippen LogP contribution in [-0.2, 0) is 9.53 Å². The van der Waals surface area contributed by atoms with Crippen molar-refractivity contribution in [2.75, 3.05) is 0 Å². The summed E-state index contributed by atoms with van der Waals surface area (Å²) in [5.41, 5.74) is 3.24. The number of carbonyl (C=O) groups excluding carboxylic acids is 1. The molecule has 26 heavy (non-hydrogen) atoms. The maximum absolute atomic E-state index is 11.2. The van der Waals surface area contributed by atoms with E-state index in [1.54, 1.807) is 36.6 Å². The molecule has 1 atom stereocenters. The van der Waals surface area contributed by atoms with Crippen LogP contribution in [0.3, 0.4) is 0 Å². The number of allylic oxidation sites excluding steroid dienone is 2. The highest BCUT2D eigenvalue weighted by Crippen LogP contribution is 2.23. The zero-order chi connectivity index (χ0) is 18.4. The van der Waals surface area contributed by atoms with Crippen LogP contribution in [0, 0.1) is 11.3 Å². The first-order valence-electron chi connectivity index (χ1n) is 8.15. The summed E-state index contributed by atoms with van der Waals surface area (Å²) < 4.78 is 10.6. The zero-order valence-electron chi connectivity index (χ0n) is 14.1. The largest absolute Gasteiger partial charge is 0.465 e. The first kappa shape index (κ1) is 17.2. The number of hydrogen-bond donors (Lipinski definition) is 0. The molecule has 0 bridgehead atoms. The Kier molecular flexibility index (Phi) is 5.31. The monoisotopic (exact) mass is 343 g/mol. The van der Waals surface area contributed by atoms with Crippen LogP contribution in [0.1, 0.15) is 12.0 Å². The third-order valence-corrected chi connectivity index (χ3v) is 3.92. The van der Waals surface area contributed by atoms with Gasteiger partial charge in [0.2, 0.25) is 0 Å². The van der Waals surface area contributed by atoms with Crippen LogP contribution in [-0.4, -0.2) is 12.1 Å². The molecule has 128 valence electrons. The lowest BCUT2D eigenvalue weighted by Gasteiger charge is -2.04. The molecule has 1 aliphatic rings. The van der Waals surface area contributed by atoms with Crippen molar-refractivity contribution in [2.45, 2.75) is 12.5 Å². The van der Waals surface area contributed by atoms with Crippen molar-refractivity contribution in [3.05, 3.63) is 90.7 Å². The lowest BCUT2D eigenvalue weighted by molar-refractivity contribution is -0.137. The van der Waals surface area contributed by atoms with Gasteiger partial charge in [-0.1, -0.05) is 36.9 Å². The fourth-order valence-corrected chi connectivity index (χ4v) is 2.51. The van der Waals surface area contributed by atoms with Gasteiger partial charge in [-0.25, -0.2) is 4.79 Å². The summed E-state index contributed by atoms with van der Waals surface area (Å²) in [6.45, 7) is 3.64. The van der Waals surface area contributed by atoms with Crippen LogP contribution in [0.2, 0.25) is 0 Å². The molecule has 4 nitrogen and oxygen atoms in total. The molecule has 0 N–H and O–H groups in total. The van der Waals surface area contributed by atoms with Gasteiger partial charge in [-0.15, -0.1) is 0 Å². The van der Waals surface area contributed by atoms with E-state index in [2.05, 4.69) is 12.6 Å². The second-order valence-electron chi connectivity index (χ2n) is 5.80. The minimum atomic E-state index is -0.331. The molecule has 1 aliphatic heterocycles. The topological polar surface area (TPSA) is 59.3 Å². The Hall–Kier alpha value is -3.58. The Labute approximate surface area is 152 Å². The number of benzene rings is 2. The van der Waals surface area contributed by atoms with Gasteiger partial charge in [-0.2, -0.15) is 5.26 Å². The fourth-order valence-electron chi connectivity index (χ4n) is 2.51. The van der Waals surface area contributed by atoms with E-state index in [0.717, 1.165) is 11.1 Å². The van der Waals surface area contributed by atoms with E-state index in [1.165, 1.54) is 0 Å². The molecular formula is C22H17NO3. The van der Waals surface area contributed by atoms with E-state index < -0.39 is 0 Å². The Morgan fingerprint density at radius 3 is 2.31 bits per heavy atom. The summed E-state index contributed by atoms with van der Waals surface area (Å²) in [7, 11) is 0. The average Bonchev–Trinajstić information content (AvgIpc) is 3.00. The quantitative estimate of drug-likeness (QED) is 0.346. The van der Waals surface area contributed by atoms with Crippen molar-refractivity contribution < 1.29 is 14.3 Å². The van der Waals surface area contributed by atoms with E-state index in [9.17, 15) is 4.79 Å². The number of hydrogen-bond acceptors (Lipinski definition) is 4. The molecule has 4 heteroatoms. The molecule has 0 amide bonds. The first-order valence-corrected chi connectivity index (χ1v) is 8.15. The summed E-state index contributed by atoms with van der Waals surface area (Å²) in [6, 6.07) is 17.2. The number of rotatable bonds is 5. The molecule has 2 aromatic carbocycles. The van der Waals surface area contributed by atoms with Gasteiger partial charge < -0.3 is 9.47 Å². The number of esters is 1. The van der Waals surface area contributed by atoms with Crippen molar-refractivity contribution in [1.82, 2.24) is 0 Å². The van der Waals surface area contributed by atoms with E-state index >= 15 is 0 Å². The number of nitriles is 1. The molecule has 0 aromatic heterocycles. The second kappa shape index (κ2) is 8.00. The van der Waals surface area contributed by atoms with Crippen LogP contribution in [0.5, 0.6) is 5.75 Å². The van der Waals surface area contributed by atoms with E-state index in [-0.39, 0.29) is 12.1 Å². The predicted octanol–water partition coefficient (Wildman–Crippen LogP) is 4.55. The maximum Gasteiger partial charge on any atom is 0.334 e. The molecule has 1 heterocycles. The molecule has 3 rings (SSSR count). The lowest BCUT2D eigenvalue weighted by Crippen LogP contribution is -2.01.